The van der Waals surface area contributed by atoms with Gasteiger partial charge in [0, 0.05) is 12.5 Å². The molecule has 4 atom stereocenters. The number of fused-ring (bicyclic) bond motifs is 2. The smallest absolute Gasteiger partial charge is 0.330 e. The summed E-state index contributed by atoms with van der Waals surface area (Å²) in [5.41, 5.74) is -1.05. The van der Waals surface area contributed by atoms with E-state index in [-0.39, 0.29) is 6.42 Å². The van der Waals surface area contributed by atoms with Gasteiger partial charge in [-0.25, -0.2) is 4.79 Å². The van der Waals surface area contributed by atoms with Gasteiger partial charge in [-0.1, -0.05) is 6.58 Å². The average molecular weight is 254 g/mol. The molecule has 0 spiro atoms. The summed E-state index contributed by atoms with van der Waals surface area (Å²) in [6, 6.07) is 0. The second-order valence-electron chi connectivity index (χ2n) is 4.88. The Bertz CT molecular complexity index is 428. The molecule has 0 aromatic carbocycles. The summed E-state index contributed by atoms with van der Waals surface area (Å²) in [5, 5.41) is 9.17. The fraction of sp³-hybridized carbons (Fsp3) is 0.583. The Hall–Kier alpha value is -1.85. The molecule has 0 radical (unpaired) electrons. The third-order valence-electron chi connectivity index (χ3n) is 3.55. The second kappa shape index (κ2) is 4.12. The molecule has 1 aliphatic carbocycles. The highest BCUT2D eigenvalue weighted by atomic mass is 16.6. The maximum atomic E-state index is 11.6. The molecule has 1 saturated heterocycles. The summed E-state index contributed by atoms with van der Waals surface area (Å²) < 4.78 is 10.3. The van der Waals surface area contributed by atoms with Gasteiger partial charge in [0.15, 0.2) is 6.10 Å². The lowest BCUT2D eigenvalue weighted by Gasteiger charge is -2.37. The minimum absolute atomic E-state index is 0.138. The van der Waals surface area contributed by atoms with Crippen LogP contribution in [0.5, 0.6) is 0 Å². The fourth-order valence-corrected chi connectivity index (χ4v) is 2.75. The monoisotopic (exact) mass is 254 g/mol. The number of hydrogen-bond acceptors (Lipinski definition) is 5. The van der Waals surface area contributed by atoms with Gasteiger partial charge < -0.3 is 14.6 Å². The van der Waals surface area contributed by atoms with Crippen molar-refractivity contribution in [3.05, 3.63) is 12.7 Å². The maximum absolute atomic E-state index is 11.6. The van der Waals surface area contributed by atoms with Crippen molar-refractivity contribution in [1.82, 2.24) is 0 Å². The van der Waals surface area contributed by atoms with E-state index >= 15 is 0 Å². The quantitative estimate of drug-likeness (QED) is 0.583. The first-order chi connectivity index (χ1) is 8.37. The zero-order chi connectivity index (χ0) is 13.5. The molecule has 0 aromatic heterocycles. The summed E-state index contributed by atoms with van der Waals surface area (Å²) >= 11 is 0. The van der Waals surface area contributed by atoms with Crippen molar-refractivity contribution in [2.24, 2.45) is 11.8 Å². The minimum Gasteiger partial charge on any atom is -0.481 e. The van der Waals surface area contributed by atoms with Crippen LogP contribution >= 0.6 is 0 Å². The number of rotatable bonds is 3. The van der Waals surface area contributed by atoms with Crippen LogP contribution in [0.2, 0.25) is 0 Å². The summed E-state index contributed by atoms with van der Waals surface area (Å²) in [6.45, 7) is 4.86. The third kappa shape index (κ3) is 1.87. The van der Waals surface area contributed by atoms with E-state index in [1.165, 1.54) is 0 Å². The molecule has 0 aromatic rings. The Morgan fingerprint density at radius 3 is 2.83 bits per heavy atom. The lowest BCUT2D eigenvalue weighted by molar-refractivity contribution is -0.181. The van der Waals surface area contributed by atoms with Crippen molar-refractivity contribution in [2.75, 3.05) is 0 Å². The van der Waals surface area contributed by atoms with Crippen molar-refractivity contribution in [3.8, 4) is 0 Å². The first-order valence-corrected chi connectivity index (χ1v) is 5.66. The summed E-state index contributed by atoms with van der Waals surface area (Å²) in [5.74, 6) is -3.57. The topological polar surface area (TPSA) is 89.9 Å². The van der Waals surface area contributed by atoms with E-state index in [1.54, 1.807) is 6.92 Å². The van der Waals surface area contributed by atoms with Crippen LogP contribution in [0.25, 0.3) is 0 Å². The van der Waals surface area contributed by atoms with Crippen LogP contribution in [0.3, 0.4) is 0 Å². The zero-order valence-electron chi connectivity index (χ0n) is 9.92. The van der Waals surface area contributed by atoms with E-state index in [0.29, 0.717) is 6.42 Å². The van der Waals surface area contributed by atoms with Gasteiger partial charge in [0.05, 0.1) is 11.8 Å². The van der Waals surface area contributed by atoms with Crippen LogP contribution in [0.1, 0.15) is 19.8 Å². The maximum Gasteiger partial charge on any atom is 0.330 e. The molecule has 1 heterocycles. The number of hydrogen-bond donors (Lipinski definition) is 1. The number of carboxylic acids is 1. The van der Waals surface area contributed by atoms with Crippen molar-refractivity contribution in [1.29, 1.82) is 0 Å². The summed E-state index contributed by atoms with van der Waals surface area (Å²) in [7, 11) is 0. The van der Waals surface area contributed by atoms with E-state index in [1.807, 2.05) is 0 Å². The van der Waals surface area contributed by atoms with Crippen molar-refractivity contribution in [3.63, 3.8) is 0 Å². The highest BCUT2D eigenvalue weighted by Gasteiger charge is 2.59. The SMILES string of the molecule is C=CC(=O)OC1C(C(=O)O)CC2CC1(C)OC2=O. The number of esters is 2. The number of ether oxygens (including phenoxy) is 2. The molecule has 2 aliphatic rings. The van der Waals surface area contributed by atoms with Gasteiger partial charge in [-0.05, 0) is 13.3 Å². The molecule has 1 aliphatic heterocycles. The van der Waals surface area contributed by atoms with Gasteiger partial charge in [-0.15, -0.1) is 0 Å². The average Bonchev–Trinajstić information content (AvgIpc) is 2.54. The van der Waals surface area contributed by atoms with Gasteiger partial charge in [0.2, 0.25) is 0 Å². The van der Waals surface area contributed by atoms with Crippen LogP contribution in [-0.2, 0) is 23.9 Å². The lowest BCUT2D eigenvalue weighted by atomic mass is 9.73. The Labute approximate surface area is 104 Å². The molecule has 6 nitrogen and oxygen atoms in total. The number of carbonyl (C=O) groups is 3. The van der Waals surface area contributed by atoms with E-state index in [2.05, 4.69) is 6.58 Å². The molecular weight excluding hydrogens is 240 g/mol. The second-order valence-corrected chi connectivity index (χ2v) is 4.88. The zero-order valence-corrected chi connectivity index (χ0v) is 9.92. The summed E-state index contributed by atoms with van der Waals surface area (Å²) in [6.07, 6.45) is 0.512. The highest BCUT2D eigenvalue weighted by Crippen LogP contribution is 2.46. The fourth-order valence-electron chi connectivity index (χ4n) is 2.75. The van der Waals surface area contributed by atoms with Gasteiger partial charge in [-0.3, -0.25) is 9.59 Å². The van der Waals surface area contributed by atoms with Crippen molar-refractivity contribution < 1.29 is 29.0 Å². The van der Waals surface area contributed by atoms with Gasteiger partial charge in [0.25, 0.3) is 0 Å². The molecule has 4 unspecified atom stereocenters. The van der Waals surface area contributed by atoms with Gasteiger partial charge >= 0.3 is 17.9 Å². The Kier molecular flexibility index (Phi) is 2.88. The van der Waals surface area contributed by atoms with Crippen molar-refractivity contribution in [2.45, 2.75) is 31.5 Å². The lowest BCUT2D eigenvalue weighted by Crippen LogP contribution is -2.51. The van der Waals surface area contributed by atoms with Crippen LogP contribution in [0.4, 0.5) is 0 Å². The normalized spacial score (nSPS) is 37.8. The van der Waals surface area contributed by atoms with Crippen LogP contribution in [-0.4, -0.2) is 34.7 Å². The largest absolute Gasteiger partial charge is 0.481 e. The molecule has 98 valence electrons. The number of carbonyl (C=O) groups excluding carboxylic acids is 2. The Morgan fingerprint density at radius 1 is 1.61 bits per heavy atom. The number of aliphatic carboxylic acids is 1. The predicted octanol–water partition coefficient (Wildman–Crippen LogP) is 0.510. The Morgan fingerprint density at radius 2 is 2.28 bits per heavy atom. The number of carboxylic acid groups (broad SMARTS) is 1. The molecule has 6 heteroatoms. The third-order valence-corrected chi connectivity index (χ3v) is 3.55. The first-order valence-electron chi connectivity index (χ1n) is 5.66. The minimum atomic E-state index is -1.09. The van der Waals surface area contributed by atoms with Gasteiger partial charge in [0.1, 0.15) is 5.60 Å². The molecule has 2 bridgehead atoms. The van der Waals surface area contributed by atoms with Crippen LogP contribution < -0.4 is 0 Å². The predicted molar refractivity (Wildman–Crippen MR) is 58.4 cm³/mol. The van der Waals surface area contributed by atoms with E-state index in [0.717, 1.165) is 6.08 Å². The molecular formula is C12H14O6. The van der Waals surface area contributed by atoms with E-state index < -0.39 is 41.4 Å². The molecule has 2 fully saturated rings. The molecule has 1 N–H and O–H groups in total. The van der Waals surface area contributed by atoms with Gasteiger partial charge in [-0.2, -0.15) is 0 Å². The van der Waals surface area contributed by atoms with Crippen LogP contribution in [0.15, 0.2) is 12.7 Å². The Balaban J connectivity index is 2.30. The van der Waals surface area contributed by atoms with E-state index in [9.17, 15) is 19.5 Å². The molecule has 0 amide bonds. The molecule has 2 rings (SSSR count). The molecule has 18 heavy (non-hydrogen) atoms. The first kappa shape index (κ1) is 12.6. The standard InChI is InChI=1S/C12H14O6/c1-3-8(13)17-9-7(10(14)15)4-6-5-12(9,2)18-11(6)16/h3,6-7,9H,1,4-5H2,2H3,(H,14,15). The van der Waals surface area contributed by atoms with E-state index in [4.69, 9.17) is 9.47 Å². The van der Waals surface area contributed by atoms with Crippen molar-refractivity contribution >= 4 is 17.9 Å². The van der Waals surface area contributed by atoms with Crippen LogP contribution in [0, 0.1) is 11.8 Å². The highest BCUT2D eigenvalue weighted by molar-refractivity contribution is 5.83. The summed E-state index contributed by atoms with van der Waals surface area (Å²) in [4.78, 5) is 34.0. The molecule has 1 saturated carbocycles.